The second-order valence-electron chi connectivity index (χ2n) is 16.0. The van der Waals surface area contributed by atoms with Crippen LogP contribution >= 0.6 is 0 Å². The van der Waals surface area contributed by atoms with E-state index >= 15 is 0 Å². The molecule has 0 aliphatic carbocycles. The van der Waals surface area contributed by atoms with E-state index < -0.39 is 60.4 Å². The largest absolute Gasteiger partial charge is 0.510 e. The summed E-state index contributed by atoms with van der Waals surface area (Å²) >= 11 is 0. The van der Waals surface area contributed by atoms with Crippen molar-refractivity contribution in [1.82, 2.24) is 14.1 Å². The second kappa shape index (κ2) is 16.1. The maximum atomic E-state index is 9.01. The van der Waals surface area contributed by atoms with E-state index in [1.165, 1.54) is 5.56 Å². The van der Waals surface area contributed by atoms with Crippen molar-refractivity contribution >= 4 is 32.8 Å². The molecule has 6 heteroatoms. The van der Waals surface area contributed by atoms with Gasteiger partial charge in [0.25, 0.3) is 6.33 Å². The standard InChI is InChI=1S/C55H44N4O.Pt/c1-37(2)40-30-31-56-53(32-40)59-49-29-26-41(55(3,4)5)33-48(49)47-28-27-44(35-52(47)59)60-43-21-14-20-42(34-43)57-36-58(51-25-13-12-24-50(51)57)54-45(38-16-8-6-9-17-38)22-15-23-46(54)39-18-10-7-11-19-39;/h6-33,37H,1-5H3;/q-2;/i6D,7D,8D,9D,10D,11D,16D,17D,18D,19D;. The van der Waals surface area contributed by atoms with Gasteiger partial charge in [-0.05, 0) is 74.0 Å². The van der Waals surface area contributed by atoms with Gasteiger partial charge in [0.05, 0.1) is 30.4 Å². The van der Waals surface area contributed by atoms with Gasteiger partial charge in [-0.2, -0.15) is 18.2 Å². The van der Waals surface area contributed by atoms with Gasteiger partial charge < -0.3 is 13.9 Å². The minimum Gasteiger partial charge on any atom is -0.510 e. The van der Waals surface area contributed by atoms with Crippen LogP contribution in [0.3, 0.4) is 0 Å². The smallest absolute Gasteiger partial charge is 0.268 e. The fourth-order valence-corrected chi connectivity index (χ4v) is 7.71. The number of hydrogen-bond donors (Lipinski definition) is 0. The summed E-state index contributed by atoms with van der Waals surface area (Å²) in [5.41, 5.74) is 5.90. The maximum absolute atomic E-state index is 9.01. The molecule has 0 atom stereocenters. The zero-order valence-electron chi connectivity index (χ0n) is 44.0. The molecule has 61 heavy (non-hydrogen) atoms. The normalized spacial score (nSPS) is 14.0. The van der Waals surface area contributed by atoms with Gasteiger partial charge in [0, 0.05) is 44.3 Å². The fourth-order valence-electron chi connectivity index (χ4n) is 7.71. The third-order valence-electron chi connectivity index (χ3n) is 10.8. The maximum Gasteiger partial charge on any atom is 0.268 e. The average molecular weight is 982 g/mol. The van der Waals surface area contributed by atoms with E-state index in [4.69, 9.17) is 23.4 Å². The van der Waals surface area contributed by atoms with Crippen LogP contribution in [0.4, 0.5) is 0 Å². The van der Waals surface area contributed by atoms with E-state index in [-0.39, 0.29) is 54.4 Å². The van der Waals surface area contributed by atoms with Gasteiger partial charge in [-0.1, -0.05) is 155 Å². The Morgan fingerprint density at radius 3 is 2.08 bits per heavy atom. The molecule has 3 aromatic heterocycles. The average Bonchev–Trinajstić information content (AvgIpc) is 3.89. The van der Waals surface area contributed by atoms with Crippen LogP contribution in [0.15, 0.2) is 170 Å². The molecule has 0 aliphatic heterocycles. The molecule has 7 aromatic carbocycles. The van der Waals surface area contributed by atoms with E-state index in [9.17, 15) is 0 Å². The Balaban J connectivity index is 0.00000624. The van der Waals surface area contributed by atoms with Crippen LogP contribution in [0, 0.1) is 18.5 Å². The molecule has 3 heterocycles. The molecule has 0 aliphatic rings. The Bertz CT molecular complexity index is 3660. The number of hydrogen-bond acceptors (Lipinski definition) is 2. The van der Waals surface area contributed by atoms with E-state index in [0.29, 0.717) is 34.1 Å². The Hall–Kier alpha value is -6.55. The Labute approximate surface area is 385 Å². The molecule has 0 saturated carbocycles. The first-order chi connectivity index (χ1) is 33.3. The predicted octanol–water partition coefficient (Wildman–Crippen LogP) is 13.3. The summed E-state index contributed by atoms with van der Waals surface area (Å²) in [5.74, 6) is 1.86. The summed E-state index contributed by atoms with van der Waals surface area (Å²) in [6.07, 6.45) is 5.24. The summed E-state index contributed by atoms with van der Waals surface area (Å²) in [6, 6.07) is 33.8. The van der Waals surface area contributed by atoms with Crippen LogP contribution in [0.1, 0.15) is 65.4 Å². The quantitative estimate of drug-likeness (QED) is 0.112. The molecule has 0 spiro atoms. The van der Waals surface area contributed by atoms with Crippen molar-refractivity contribution in [2.75, 3.05) is 0 Å². The fraction of sp³-hybridized carbons (Fsp3) is 0.127. The van der Waals surface area contributed by atoms with Crippen molar-refractivity contribution < 1.29 is 44.1 Å². The van der Waals surface area contributed by atoms with Crippen molar-refractivity contribution in [3.05, 3.63) is 199 Å². The molecule has 0 N–H and O–H groups in total. The first-order valence-corrected chi connectivity index (χ1v) is 19.8. The molecule has 5 nitrogen and oxygen atoms in total. The molecule has 0 unspecified atom stereocenters. The third-order valence-corrected chi connectivity index (χ3v) is 10.8. The molecular formula is C55H44N4OPt-2. The molecule has 0 bridgehead atoms. The number of fused-ring (bicyclic) bond motifs is 4. The van der Waals surface area contributed by atoms with E-state index in [0.717, 1.165) is 33.2 Å². The third kappa shape index (κ3) is 7.38. The van der Waals surface area contributed by atoms with E-state index in [1.54, 1.807) is 39.5 Å². The monoisotopic (exact) mass is 981 g/mol. The molecule has 0 saturated heterocycles. The van der Waals surface area contributed by atoms with Gasteiger partial charge in [0.1, 0.15) is 5.82 Å². The molecule has 0 amide bonds. The molecule has 10 rings (SSSR count). The zero-order valence-corrected chi connectivity index (χ0v) is 36.3. The minimum atomic E-state index is -0.571. The predicted molar refractivity (Wildman–Crippen MR) is 244 cm³/mol. The molecule has 10 aromatic rings. The van der Waals surface area contributed by atoms with Crippen LogP contribution < -0.4 is 9.30 Å². The van der Waals surface area contributed by atoms with Gasteiger partial charge in [-0.3, -0.25) is 4.57 Å². The van der Waals surface area contributed by atoms with Gasteiger partial charge in [-0.25, -0.2) is 4.98 Å². The minimum absolute atomic E-state index is 0. The summed E-state index contributed by atoms with van der Waals surface area (Å²) in [5, 5.41) is 2.06. The Kier molecular flexibility index (Phi) is 7.84. The van der Waals surface area contributed by atoms with Crippen molar-refractivity contribution in [2.24, 2.45) is 0 Å². The number of nitrogens with zero attached hydrogens (tertiary/aromatic N) is 4. The molecule has 0 radical (unpaired) electrons. The number of aromatic nitrogens is 4. The van der Waals surface area contributed by atoms with Crippen molar-refractivity contribution in [3.8, 4) is 50.9 Å². The van der Waals surface area contributed by atoms with E-state index in [2.05, 4.69) is 81.9 Å². The first kappa shape index (κ1) is 29.6. The van der Waals surface area contributed by atoms with Gasteiger partial charge in [0.2, 0.25) is 0 Å². The van der Waals surface area contributed by atoms with E-state index in [1.807, 2.05) is 54.7 Å². The summed E-state index contributed by atoms with van der Waals surface area (Å²) < 4.78 is 99.0. The van der Waals surface area contributed by atoms with Crippen molar-refractivity contribution in [2.45, 2.75) is 46.0 Å². The number of rotatable bonds is 8. The SMILES string of the molecule is [2H]c1c([2H])c([2H])c(-c2cccc(-c3c([2H])c([2H])c([2H])c([2H])c3[2H])c2-[n+]2[c-]n(-c3[c-]c(Oc4[c-]c5c(cc4)c4cc(C(C)(C)C)ccc4n5-c4cc(C(C)C)ccn4)ccc3)c3ccccc32)c([2H])c1[2H].[Pt]. The second-order valence-corrected chi connectivity index (χ2v) is 16.0. The van der Waals surface area contributed by atoms with Crippen LogP contribution in [0.5, 0.6) is 11.5 Å². The van der Waals surface area contributed by atoms with Crippen LogP contribution in [-0.2, 0) is 26.5 Å². The van der Waals surface area contributed by atoms with Gasteiger partial charge in [0.15, 0.2) is 0 Å². The van der Waals surface area contributed by atoms with Crippen LogP contribution in [-0.4, -0.2) is 14.1 Å². The van der Waals surface area contributed by atoms with Crippen molar-refractivity contribution in [1.29, 1.82) is 0 Å². The van der Waals surface area contributed by atoms with Gasteiger partial charge in [-0.15, -0.1) is 29.7 Å². The first-order valence-electron chi connectivity index (χ1n) is 24.8. The zero-order chi connectivity index (χ0) is 49.7. The number of pyridine rings is 1. The van der Waals surface area contributed by atoms with Crippen molar-refractivity contribution in [3.63, 3.8) is 0 Å². The molecular weight excluding hydrogens is 928 g/mol. The molecule has 0 fully saturated rings. The summed E-state index contributed by atoms with van der Waals surface area (Å²) in [4.78, 5) is 4.83. The molecule has 302 valence electrons. The summed E-state index contributed by atoms with van der Waals surface area (Å²) in [6.45, 7) is 10.9. The number of ether oxygens (including phenoxy) is 1. The van der Waals surface area contributed by atoms with Crippen LogP contribution in [0.2, 0.25) is 0 Å². The van der Waals surface area contributed by atoms with Gasteiger partial charge >= 0.3 is 0 Å². The summed E-state index contributed by atoms with van der Waals surface area (Å²) in [7, 11) is 0. The Morgan fingerprint density at radius 1 is 0.689 bits per heavy atom. The number of benzene rings is 7. The Morgan fingerprint density at radius 2 is 1.38 bits per heavy atom. The van der Waals surface area contributed by atoms with Crippen LogP contribution in [0.25, 0.3) is 72.3 Å². The number of imidazole rings is 1. The topological polar surface area (TPSA) is 35.9 Å². The number of para-hydroxylation sites is 3.